The van der Waals surface area contributed by atoms with E-state index in [4.69, 9.17) is 5.73 Å². The molecule has 0 aliphatic heterocycles. The van der Waals surface area contributed by atoms with Crippen LogP contribution in [0.1, 0.15) is 45.6 Å². The summed E-state index contributed by atoms with van der Waals surface area (Å²) in [6.45, 7) is 8.44. The maximum Gasteiger partial charge on any atom is 0.0534 e. The third kappa shape index (κ3) is 4.05. The Kier molecular flexibility index (Phi) is 6.01. The van der Waals surface area contributed by atoms with Crippen LogP contribution < -0.4 is 5.73 Å². The Labute approximate surface area is 118 Å². The summed E-state index contributed by atoms with van der Waals surface area (Å²) in [5.41, 5.74) is 7.47. The third-order valence-corrected chi connectivity index (χ3v) is 4.45. The molecule has 2 atom stereocenters. The van der Waals surface area contributed by atoms with Gasteiger partial charge in [-0.15, -0.1) is 0 Å². The molecule has 0 spiro atoms. The van der Waals surface area contributed by atoms with Crippen molar-refractivity contribution in [3.05, 3.63) is 18.0 Å². The van der Waals surface area contributed by atoms with Gasteiger partial charge in [0.05, 0.1) is 6.20 Å². The number of hydrogen-bond acceptors (Lipinski definition) is 3. The number of likely N-dealkylation sites (N-methyl/N-ethyl adjacent to an activating group) is 1. The molecule has 0 aromatic carbocycles. The van der Waals surface area contributed by atoms with Gasteiger partial charge in [0.25, 0.3) is 0 Å². The fraction of sp³-hybridized carbons (Fsp3) is 0.800. The van der Waals surface area contributed by atoms with E-state index in [1.165, 1.54) is 12.0 Å². The summed E-state index contributed by atoms with van der Waals surface area (Å²) < 4.78 is 1.86. The summed E-state index contributed by atoms with van der Waals surface area (Å²) in [6, 6.07) is 0. The van der Waals surface area contributed by atoms with E-state index in [0.29, 0.717) is 12.5 Å². The fourth-order valence-corrected chi connectivity index (χ4v) is 2.74. The standard InChI is InChI=1S/C15H30N4/c1-6-13(3)8-15(7-2,12-16)18(4)10-14-9-17-19(5)11-14/h9,11,13H,6-8,10,12,16H2,1-5H3. The Hall–Kier alpha value is -0.870. The summed E-state index contributed by atoms with van der Waals surface area (Å²) in [5, 5.41) is 4.24. The fourth-order valence-electron chi connectivity index (χ4n) is 2.74. The van der Waals surface area contributed by atoms with E-state index in [0.717, 1.165) is 19.4 Å². The van der Waals surface area contributed by atoms with E-state index in [9.17, 15) is 0 Å². The topological polar surface area (TPSA) is 47.1 Å². The smallest absolute Gasteiger partial charge is 0.0534 e. The third-order valence-electron chi connectivity index (χ3n) is 4.45. The molecule has 1 aromatic heterocycles. The van der Waals surface area contributed by atoms with Gasteiger partial charge in [0.2, 0.25) is 0 Å². The zero-order valence-corrected chi connectivity index (χ0v) is 13.2. The van der Waals surface area contributed by atoms with Gasteiger partial charge in [-0.3, -0.25) is 9.58 Å². The van der Waals surface area contributed by atoms with Crippen LogP contribution in [0.25, 0.3) is 0 Å². The molecule has 110 valence electrons. The normalized spacial score (nSPS) is 16.6. The average Bonchev–Trinajstić information content (AvgIpc) is 2.81. The van der Waals surface area contributed by atoms with Crippen LogP contribution in [0.15, 0.2) is 12.4 Å². The Morgan fingerprint density at radius 2 is 2.16 bits per heavy atom. The molecule has 2 unspecified atom stereocenters. The van der Waals surface area contributed by atoms with Crippen molar-refractivity contribution in [2.45, 2.75) is 52.1 Å². The zero-order chi connectivity index (χ0) is 14.5. The second-order valence-electron chi connectivity index (χ2n) is 5.88. The Morgan fingerprint density at radius 3 is 2.58 bits per heavy atom. The molecule has 4 nitrogen and oxygen atoms in total. The monoisotopic (exact) mass is 266 g/mol. The van der Waals surface area contributed by atoms with Crippen molar-refractivity contribution < 1.29 is 0 Å². The summed E-state index contributed by atoms with van der Waals surface area (Å²) in [5.74, 6) is 0.708. The van der Waals surface area contributed by atoms with Gasteiger partial charge < -0.3 is 5.73 Å². The van der Waals surface area contributed by atoms with E-state index in [2.05, 4.69) is 44.0 Å². The molecule has 0 aliphatic carbocycles. The summed E-state index contributed by atoms with van der Waals surface area (Å²) in [4.78, 5) is 2.41. The molecule has 0 radical (unpaired) electrons. The van der Waals surface area contributed by atoms with Crippen molar-refractivity contribution in [1.29, 1.82) is 0 Å². The van der Waals surface area contributed by atoms with Gasteiger partial charge in [-0.25, -0.2) is 0 Å². The minimum atomic E-state index is 0.102. The van der Waals surface area contributed by atoms with Crippen LogP contribution in [0.2, 0.25) is 0 Å². The van der Waals surface area contributed by atoms with Gasteiger partial charge in [0.15, 0.2) is 0 Å². The lowest BCUT2D eigenvalue weighted by Gasteiger charge is -2.42. The predicted molar refractivity (Wildman–Crippen MR) is 80.8 cm³/mol. The lowest BCUT2D eigenvalue weighted by atomic mass is 9.83. The SMILES string of the molecule is CCC(C)CC(CC)(CN)N(C)Cc1cnn(C)c1. The molecule has 0 fully saturated rings. The first-order valence-electron chi connectivity index (χ1n) is 7.36. The predicted octanol–water partition coefficient (Wildman–Crippen LogP) is 2.40. The highest BCUT2D eigenvalue weighted by molar-refractivity contribution is 5.05. The van der Waals surface area contributed by atoms with Crippen molar-refractivity contribution >= 4 is 0 Å². The number of aryl methyl sites for hydroxylation is 1. The van der Waals surface area contributed by atoms with Gasteiger partial charge in [0.1, 0.15) is 0 Å². The molecule has 1 aromatic rings. The minimum absolute atomic E-state index is 0.102. The van der Waals surface area contributed by atoms with E-state index in [1.54, 1.807) is 0 Å². The molecule has 0 saturated heterocycles. The van der Waals surface area contributed by atoms with Crippen molar-refractivity contribution in [2.24, 2.45) is 18.7 Å². The van der Waals surface area contributed by atoms with Crippen molar-refractivity contribution in [3.63, 3.8) is 0 Å². The van der Waals surface area contributed by atoms with Gasteiger partial charge in [-0.1, -0.05) is 27.2 Å². The molecule has 19 heavy (non-hydrogen) atoms. The number of nitrogens with two attached hydrogens (primary N) is 1. The second kappa shape index (κ2) is 7.06. The van der Waals surface area contributed by atoms with Crippen molar-refractivity contribution in [1.82, 2.24) is 14.7 Å². The summed E-state index contributed by atoms with van der Waals surface area (Å²) in [7, 11) is 4.14. The highest BCUT2D eigenvalue weighted by atomic mass is 15.2. The first kappa shape index (κ1) is 16.2. The van der Waals surface area contributed by atoms with Crippen molar-refractivity contribution in [2.75, 3.05) is 13.6 Å². The van der Waals surface area contributed by atoms with Crippen molar-refractivity contribution in [3.8, 4) is 0 Å². The highest BCUT2D eigenvalue weighted by Gasteiger charge is 2.32. The highest BCUT2D eigenvalue weighted by Crippen LogP contribution is 2.28. The van der Waals surface area contributed by atoms with Crippen LogP contribution in [0.5, 0.6) is 0 Å². The molecule has 0 aliphatic rings. The molecule has 0 bridgehead atoms. The first-order valence-corrected chi connectivity index (χ1v) is 7.36. The summed E-state index contributed by atoms with van der Waals surface area (Å²) in [6.07, 6.45) is 7.48. The minimum Gasteiger partial charge on any atom is -0.329 e. The second-order valence-corrected chi connectivity index (χ2v) is 5.88. The number of aromatic nitrogens is 2. The lowest BCUT2D eigenvalue weighted by Crippen LogP contribution is -2.52. The first-order chi connectivity index (χ1) is 8.97. The quantitative estimate of drug-likeness (QED) is 0.786. The number of nitrogens with zero attached hydrogens (tertiary/aromatic N) is 3. The molecule has 1 rings (SSSR count). The Balaban J connectivity index is 2.79. The largest absolute Gasteiger partial charge is 0.329 e. The van der Waals surface area contributed by atoms with E-state index >= 15 is 0 Å². The maximum atomic E-state index is 6.12. The molecule has 4 heteroatoms. The van der Waals surface area contributed by atoms with Crippen LogP contribution in [-0.2, 0) is 13.6 Å². The number of hydrogen-bond donors (Lipinski definition) is 1. The molecule has 0 amide bonds. The van der Waals surface area contributed by atoms with Crippen LogP contribution in [0.3, 0.4) is 0 Å². The van der Waals surface area contributed by atoms with Gasteiger partial charge in [0, 0.05) is 37.4 Å². The Bertz CT molecular complexity index is 368. The zero-order valence-electron chi connectivity index (χ0n) is 13.2. The molecular weight excluding hydrogens is 236 g/mol. The Morgan fingerprint density at radius 1 is 1.47 bits per heavy atom. The molecule has 0 saturated carbocycles. The van der Waals surface area contributed by atoms with Crippen LogP contribution >= 0.6 is 0 Å². The summed E-state index contributed by atoms with van der Waals surface area (Å²) >= 11 is 0. The maximum absolute atomic E-state index is 6.12. The van der Waals surface area contributed by atoms with E-state index in [1.807, 2.05) is 17.9 Å². The van der Waals surface area contributed by atoms with Gasteiger partial charge in [-0.2, -0.15) is 5.10 Å². The average molecular weight is 266 g/mol. The van der Waals surface area contributed by atoms with Gasteiger partial charge >= 0.3 is 0 Å². The van der Waals surface area contributed by atoms with Crippen LogP contribution in [-0.4, -0.2) is 33.8 Å². The van der Waals surface area contributed by atoms with Gasteiger partial charge in [-0.05, 0) is 25.8 Å². The molecule has 1 heterocycles. The van der Waals surface area contributed by atoms with E-state index in [-0.39, 0.29) is 5.54 Å². The lowest BCUT2D eigenvalue weighted by molar-refractivity contribution is 0.0855. The van der Waals surface area contributed by atoms with E-state index < -0.39 is 0 Å². The molecule has 2 N–H and O–H groups in total. The van der Waals surface area contributed by atoms with Crippen LogP contribution in [0.4, 0.5) is 0 Å². The van der Waals surface area contributed by atoms with Crippen LogP contribution in [0, 0.1) is 5.92 Å². The number of rotatable bonds is 8. The molecular formula is C15H30N4.